The fourth-order valence-electron chi connectivity index (χ4n) is 2.78. The van der Waals surface area contributed by atoms with Crippen LogP contribution in [0, 0.1) is 5.82 Å². The van der Waals surface area contributed by atoms with Gasteiger partial charge in [0.05, 0.1) is 13.7 Å². The molecule has 0 N–H and O–H groups in total. The molecule has 1 heterocycles. The lowest BCUT2D eigenvalue weighted by molar-refractivity contribution is -0.255. The second kappa shape index (κ2) is 5.48. The number of alkyl halides is 3. The molecule has 1 saturated heterocycles. The van der Waals surface area contributed by atoms with E-state index >= 15 is 0 Å². The summed E-state index contributed by atoms with van der Waals surface area (Å²) in [5.74, 6) is -0.536. The maximum atomic E-state index is 13.8. The van der Waals surface area contributed by atoms with E-state index < -0.39 is 23.5 Å². The van der Waals surface area contributed by atoms with Gasteiger partial charge in [0, 0.05) is 17.0 Å². The predicted molar refractivity (Wildman–Crippen MR) is 70.1 cm³/mol. The lowest BCUT2D eigenvalue weighted by Gasteiger charge is -2.26. The van der Waals surface area contributed by atoms with Gasteiger partial charge in [-0.1, -0.05) is 13.0 Å². The minimum atomic E-state index is -4.43. The minimum absolute atomic E-state index is 0.0544. The molecule has 1 aliphatic rings. The highest BCUT2D eigenvalue weighted by atomic mass is 19.4. The third kappa shape index (κ3) is 2.73. The van der Waals surface area contributed by atoms with Gasteiger partial charge in [-0.3, -0.25) is 0 Å². The van der Waals surface area contributed by atoms with Crippen LogP contribution >= 0.6 is 0 Å². The van der Waals surface area contributed by atoms with Gasteiger partial charge in [-0.25, -0.2) is 4.39 Å². The monoisotopic (exact) mass is 306 g/mol. The van der Waals surface area contributed by atoms with Crippen molar-refractivity contribution in [1.82, 2.24) is 0 Å². The Kier molecular flexibility index (Phi) is 4.19. The van der Waals surface area contributed by atoms with Crippen molar-refractivity contribution in [3.63, 3.8) is 0 Å². The quantitative estimate of drug-likeness (QED) is 0.778. The molecule has 2 atom stereocenters. The summed E-state index contributed by atoms with van der Waals surface area (Å²) in [4.78, 5) is 0. The molecule has 2 nitrogen and oxygen atoms in total. The molecule has 1 aromatic rings. The summed E-state index contributed by atoms with van der Waals surface area (Å²) in [5, 5.41) is 0. The fourth-order valence-corrected chi connectivity index (χ4v) is 2.78. The summed E-state index contributed by atoms with van der Waals surface area (Å²) in [7, 11) is 1.40. The van der Waals surface area contributed by atoms with E-state index in [1.807, 2.05) is 0 Å². The number of ether oxygens (including phenoxy) is 2. The molecular weight excluding hydrogens is 288 g/mol. The van der Waals surface area contributed by atoms with Crippen LogP contribution in [-0.4, -0.2) is 25.5 Å². The zero-order valence-corrected chi connectivity index (χ0v) is 12.2. The van der Waals surface area contributed by atoms with E-state index in [4.69, 9.17) is 9.47 Å². The molecule has 1 aliphatic heterocycles. The first kappa shape index (κ1) is 16.1. The number of hydrogen-bond acceptors (Lipinski definition) is 2. The van der Waals surface area contributed by atoms with Crippen molar-refractivity contribution in [3.8, 4) is 5.75 Å². The van der Waals surface area contributed by atoms with Gasteiger partial charge in [-0.05, 0) is 25.8 Å². The molecule has 0 radical (unpaired) electrons. The van der Waals surface area contributed by atoms with Gasteiger partial charge in [0.25, 0.3) is 0 Å². The van der Waals surface area contributed by atoms with Gasteiger partial charge in [0.2, 0.25) is 0 Å². The van der Waals surface area contributed by atoms with E-state index in [1.54, 1.807) is 6.92 Å². The lowest BCUT2D eigenvalue weighted by atomic mass is 9.88. The smallest absolute Gasteiger partial charge is 0.417 e. The van der Waals surface area contributed by atoms with Crippen LogP contribution in [0.15, 0.2) is 12.1 Å². The Labute approximate surface area is 121 Å². The van der Waals surface area contributed by atoms with Crippen molar-refractivity contribution in [3.05, 3.63) is 29.1 Å². The maximum Gasteiger partial charge on any atom is 0.417 e. The Hall–Kier alpha value is -1.30. The van der Waals surface area contributed by atoms with E-state index in [2.05, 4.69) is 0 Å². The third-order valence-electron chi connectivity index (χ3n) is 4.07. The van der Waals surface area contributed by atoms with Gasteiger partial charge in [0.15, 0.2) is 5.60 Å². The Bertz CT molecular complexity index is 527. The van der Waals surface area contributed by atoms with E-state index in [0.717, 1.165) is 6.92 Å². The summed E-state index contributed by atoms with van der Waals surface area (Å²) >= 11 is 0. The van der Waals surface area contributed by atoms with Crippen LogP contribution in [0.4, 0.5) is 17.6 Å². The molecule has 0 amide bonds. The van der Waals surface area contributed by atoms with Crippen LogP contribution < -0.4 is 4.74 Å². The molecule has 0 aromatic heterocycles. The second-order valence-electron chi connectivity index (χ2n) is 5.44. The summed E-state index contributed by atoms with van der Waals surface area (Å²) in [6.07, 6.45) is -4.21. The largest absolute Gasteiger partial charge is 0.496 e. The minimum Gasteiger partial charge on any atom is -0.496 e. The van der Waals surface area contributed by atoms with E-state index in [9.17, 15) is 17.6 Å². The van der Waals surface area contributed by atoms with Crippen molar-refractivity contribution >= 4 is 0 Å². The Balaban J connectivity index is 2.37. The van der Waals surface area contributed by atoms with Gasteiger partial charge >= 0.3 is 6.18 Å². The molecule has 21 heavy (non-hydrogen) atoms. The van der Waals surface area contributed by atoms with Crippen LogP contribution in [-0.2, 0) is 11.2 Å². The van der Waals surface area contributed by atoms with Crippen LogP contribution in [0.2, 0.25) is 0 Å². The van der Waals surface area contributed by atoms with Crippen LogP contribution in [0.3, 0.4) is 0 Å². The first-order chi connectivity index (χ1) is 9.73. The number of benzene rings is 1. The number of halogens is 4. The van der Waals surface area contributed by atoms with Crippen molar-refractivity contribution in [1.29, 1.82) is 0 Å². The first-order valence-electron chi connectivity index (χ1n) is 6.79. The zero-order valence-electron chi connectivity index (χ0n) is 12.2. The van der Waals surface area contributed by atoms with Crippen molar-refractivity contribution in [2.24, 2.45) is 0 Å². The summed E-state index contributed by atoms with van der Waals surface area (Å²) in [5.41, 5.74) is -1.21. The van der Waals surface area contributed by atoms with Crippen LogP contribution in [0.25, 0.3) is 0 Å². The maximum absolute atomic E-state index is 13.8. The van der Waals surface area contributed by atoms with Gasteiger partial charge in [-0.15, -0.1) is 0 Å². The van der Waals surface area contributed by atoms with Crippen LogP contribution in [0.1, 0.15) is 37.3 Å². The van der Waals surface area contributed by atoms with Gasteiger partial charge in [0.1, 0.15) is 11.6 Å². The molecule has 0 saturated carbocycles. The van der Waals surface area contributed by atoms with E-state index in [1.165, 1.54) is 19.2 Å². The molecule has 2 unspecified atom stereocenters. The SMILES string of the molecule is CCc1c(F)ccc(C2COC(C)(C(F)(F)F)C2)c1OC. The highest BCUT2D eigenvalue weighted by molar-refractivity contribution is 5.45. The summed E-state index contributed by atoms with van der Waals surface area (Å²) in [6, 6.07) is 2.77. The highest BCUT2D eigenvalue weighted by Crippen LogP contribution is 2.48. The molecule has 6 heteroatoms. The topological polar surface area (TPSA) is 18.5 Å². The Morgan fingerprint density at radius 1 is 1.38 bits per heavy atom. The Morgan fingerprint density at radius 3 is 2.52 bits per heavy atom. The molecule has 0 aliphatic carbocycles. The zero-order chi connectivity index (χ0) is 15.8. The molecule has 0 spiro atoms. The molecule has 0 bridgehead atoms. The van der Waals surface area contributed by atoms with E-state index in [0.29, 0.717) is 23.3 Å². The third-order valence-corrected chi connectivity index (χ3v) is 4.07. The first-order valence-corrected chi connectivity index (χ1v) is 6.79. The van der Waals surface area contributed by atoms with Gasteiger partial charge in [-0.2, -0.15) is 13.2 Å². The van der Waals surface area contributed by atoms with Crippen molar-refractivity contribution in [2.75, 3.05) is 13.7 Å². The van der Waals surface area contributed by atoms with Gasteiger partial charge < -0.3 is 9.47 Å². The second-order valence-corrected chi connectivity index (χ2v) is 5.44. The number of methoxy groups -OCH3 is 1. The molecule has 2 rings (SSSR count). The molecule has 1 fully saturated rings. The average molecular weight is 306 g/mol. The van der Waals surface area contributed by atoms with Crippen molar-refractivity contribution < 1.29 is 27.0 Å². The van der Waals surface area contributed by atoms with E-state index in [-0.39, 0.29) is 13.0 Å². The summed E-state index contributed by atoms with van der Waals surface area (Å²) in [6.45, 7) is 2.76. The number of hydrogen-bond donors (Lipinski definition) is 0. The fraction of sp³-hybridized carbons (Fsp3) is 0.600. The molecule has 118 valence electrons. The average Bonchev–Trinajstić information content (AvgIpc) is 2.81. The lowest BCUT2D eigenvalue weighted by Crippen LogP contribution is -2.41. The predicted octanol–water partition coefficient (Wildman–Crippen LogP) is 4.22. The normalized spacial score (nSPS) is 26.1. The number of rotatable bonds is 3. The highest BCUT2D eigenvalue weighted by Gasteiger charge is 2.56. The van der Waals surface area contributed by atoms with Crippen LogP contribution in [0.5, 0.6) is 5.75 Å². The van der Waals surface area contributed by atoms with Crippen molar-refractivity contribution in [2.45, 2.75) is 44.4 Å². The Morgan fingerprint density at radius 2 is 2.05 bits per heavy atom. The molecular formula is C15H18F4O2. The standard InChI is InChI=1S/C15H18F4O2/c1-4-10-12(16)6-5-11(13(10)20-3)9-7-14(2,21-8-9)15(17,18)19/h5-6,9H,4,7-8H2,1-3H3. The summed E-state index contributed by atoms with van der Waals surface area (Å²) < 4.78 is 63.0. The molecule has 1 aromatic carbocycles.